The summed E-state index contributed by atoms with van der Waals surface area (Å²) in [7, 11) is 1.62. The van der Waals surface area contributed by atoms with Crippen LogP contribution in [0.5, 0.6) is 0 Å². The van der Waals surface area contributed by atoms with E-state index in [9.17, 15) is 4.79 Å². The van der Waals surface area contributed by atoms with Crippen molar-refractivity contribution in [1.82, 2.24) is 15.0 Å². The second-order valence-corrected chi connectivity index (χ2v) is 5.69. The molecule has 1 amide bonds. The summed E-state index contributed by atoms with van der Waals surface area (Å²) in [4.78, 5) is 18.7. The van der Waals surface area contributed by atoms with Gasteiger partial charge in [0.2, 0.25) is 0 Å². The molecule has 0 radical (unpaired) electrons. The first-order valence-electron chi connectivity index (χ1n) is 8.01. The van der Waals surface area contributed by atoms with E-state index in [-0.39, 0.29) is 18.4 Å². The van der Waals surface area contributed by atoms with E-state index in [4.69, 9.17) is 14.0 Å². The molecule has 7 nitrogen and oxygen atoms in total. The fourth-order valence-electron chi connectivity index (χ4n) is 2.71. The number of aromatic nitrogens is 2. The van der Waals surface area contributed by atoms with Crippen LogP contribution in [0, 0.1) is 0 Å². The highest BCUT2D eigenvalue weighted by molar-refractivity contribution is 5.94. The van der Waals surface area contributed by atoms with Crippen LogP contribution in [0.2, 0.25) is 0 Å². The number of carbonyl (C=O) groups excluding carboxylic acids is 1. The molecule has 0 bridgehead atoms. The zero-order valence-corrected chi connectivity index (χ0v) is 13.7. The average Bonchev–Trinajstić information content (AvgIpc) is 3.28. The number of nitrogens with zero attached hydrogens (tertiary/aromatic N) is 3. The quantitative estimate of drug-likeness (QED) is 0.721. The third-order valence-electron chi connectivity index (χ3n) is 4.00. The maximum Gasteiger partial charge on any atom is 0.253 e. The molecule has 1 aliphatic heterocycles. The topological polar surface area (TPSA) is 77.7 Å². The molecule has 0 aliphatic carbocycles. The Kier molecular flexibility index (Phi) is 5.55. The first-order chi connectivity index (χ1) is 11.8. The monoisotopic (exact) mass is 331 g/mol. The number of benzene rings is 1. The minimum atomic E-state index is 0.0460. The van der Waals surface area contributed by atoms with Crippen molar-refractivity contribution in [3.05, 3.63) is 47.6 Å². The summed E-state index contributed by atoms with van der Waals surface area (Å²) in [5.74, 6) is 1.25. The Labute approximate surface area is 140 Å². The molecule has 1 fully saturated rings. The largest absolute Gasteiger partial charge is 0.382 e. The van der Waals surface area contributed by atoms with Gasteiger partial charge in [-0.3, -0.25) is 4.79 Å². The van der Waals surface area contributed by atoms with Crippen molar-refractivity contribution in [3.63, 3.8) is 0 Å². The van der Waals surface area contributed by atoms with Crippen LogP contribution < -0.4 is 0 Å². The lowest BCUT2D eigenvalue weighted by molar-refractivity contribution is 0.0494. The van der Waals surface area contributed by atoms with Gasteiger partial charge in [0, 0.05) is 31.7 Å². The number of hydrogen-bond acceptors (Lipinski definition) is 6. The van der Waals surface area contributed by atoms with Crippen LogP contribution in [0.3, 0.4) is 0 Å². The van der Waals surface area contributed by atoms with Crippen molar-refractivity contribution in [2.24, 2.45) is 0 Å². The van der Waals surface area contributed by atoms with E-state index in [1.807, 2.05) is 35.2 Å². The maximum atomic E-state index is 12.5. The Hall–Kier alpha value is -2.25. The van der Waals surface area contributed by atoms with E-state index in [0.717, 1.165) is 6.42 Å². The normalized spacial score (nSPS) is 17.4. The van der Waals surface area contributed by atoms with E-state index >= 15 is 0 Å². The number of methoxy groups -OCH3 is 1. The predicted molar refractivity (Wildman–Crippen MR) is 85.5 cm³/mol. The van der Waals surface area contributed by atoms with Crippen LogP contribution >= 0.6 is 0 Å². The van der Waals surface area contributed by atoms with Gasteiger partial charge < -0.3 is 18.9 Å². The van der Waals surface area contributed by atoms with Gasteiger partial charge in [-0.15, -0.1) is 0 Å². The summed E-state index contributed by atoms with van der Waals surface area (Å²) < 4.78 is 15.5. The molecule has 2 aromatic rings. The Morgan fingerprint density at radius 1 is 1.33 bits per heavy atom. The van der Waals surface area contributed by atoms with Gasteiger partial charge in [-0.1, -0.05) is 23.4 Å². The molecule has 1 atom stereocenters. The molecule has 128 valence electrons. The molecule has 1 saturated heterocycles. The molecule has 0 saturated carbocycles. The van der Waals surface area contributed by atoms with Crippen LogP contribution in [0.25, 0.3) is 0 Å². The van der Waals surface area contributed by atoms with Crippen molar-refractivity contribution in [1.29, 1.82) is 0 Å². The summed E-state index contributed by atoms with van der Waals surface area (Å²) in [5.41, 5.74) is 0.707. The first-order valence-corrected chi connectivity index (χ1v) is 8.01. The standard InChI is InChI=1S/C17H21N3O4/c1-22-9-10-23-12-15-18-16(19-24-15)14-7-8-20(11-14)17(21)13-5-3-2-4-6-13/h2-6,14H,7-12H2,1H3. The van der Waals surface area contributed by atoms with E-state index in [1.165, 1.54) is 0 Å². The molecule has 1 unspecified atom stereocenters. The van der Waals surface area contributed by atoms with Gasteiger partial charge in [0.25, 0.3) is 11.8 Å². The molecule has 1 aromatic carbocycles. The number of hydrogen-bond donors (Lipinski definition) is 0. The number of likely N-dealkylation sites (tertiary alicyclic amines) is 1. The Balaban J connectivity index is 1.54. The van der Waals surface area contributed by atoms with Gasteiger partial charge in [0.15, 0.2) is 5.82 Å². The number of rotatable bonds is 7. The molecule has 1 aromatic heterocycles. The van der Waals surface area contributed by atoms with Gasteiger partial charge in [-0.05, 0) is 18.6 Å². The minimum Gasteiger partial charge on any atom is -0.382 e. The zero-order valence-electron chi connectivity index (χ0n) is 13.7. The van der Waals surface area contributed by atoms with Crippen LogP contribution in [0.1, 0.15) is 34.4 Å². The van der Waals surface area contributed by atoms with Crippen molar-refractivity contribution < 1.29 is 18.8 Å². The highest BCUT2D eigenvalue weighted by Gasteiger charge is 2.30. The summed E-state index contributed by atoms with van der Waals surface area (Å²) in [5, 5.41) is 4.03. The average molecular weight is 331 g/mol. The Morgan fingerprint density at radius 2 is 2.17 bits per heavy atom. The van der Waals surface area contributed by atoms with Gasteiger partial charge in [-0.25, -0.2) is 0 Å². The lowest BCUT2D eigenvalue weighted by atomic mass is 10.1. The SMILES string of the molecule is COCCOCc1nc(C2CCN(C(=O)c3ccccc3)C2)no1. The van der Waals surface area contributed by atoms with Crippen LogP contribution in [-0.4, -0.2) is 54.4 Å². The molecular weight excluding hydrogens is 310 g/mol. The van der Waals surface area contributed by atoms with E-state index in [2.05, 4.69) is 10.1 Å². The number of ether oxygens (including phenoxy) is 2. The molecule has 0 spiro atoms. The fourth-order valence-corrected chi connectivity index (χ4v) is 2.71. The van der Waals surface area contributed by atoms with Gasteiger partial charge in [-0.2, -0.15) is 4.98 Å². The molecule has 1 aliphatic rings. The zero-order chi connectivity index (χ0) is 16.8. The molecule has 0 N–H and O–H groups in total. The molecule has 24 heavy (non-hydrogen) atoms. The van der Waals surface area contributed by atoms with E-state index in [0.29, 0.717) is 43.6 Å². The smallest absolute Gasteiger partial charge is 0.253 e. The predicted octanol–water partition coefficient (Wildman–Crippen LogP) is 1.86. The second-order valence-electron chi connectivity index (χ2n) is 5.69. The molecular formula is C17H21N3O4. The Bertz CT molecular complexity index is 659. The highest BCUT2D eigenvalue weighted by Crippen LogP contribution is 2.26. The van der Waals surface area contributed by atoms with E-state index < -0.39 is 0 Å². The summed E-state index contributed by atoms with van der Waals surface area (Å²) >= 11 is 0. The fraction of sp³-hybridized carbons (Fsp3) is 0.471. The van der Waals surface area contributed by atoms with Crippen LogP contribution in [-0.2, 0) is 16.1 Å². The van der Waals surface area contributed by atoms with Crippen molar-refractivity contribution in [3.8, 4) is 0 Å². The summed E-state index contributed by atoms with van der Waals surface area (Å²) in [6.07, 6.45) is 0.835. The Morgan fingerprint density at radius 3 is 2.96 bits per heavy atom. The van der Waals surface area contributed by atoms with Crippen molar-refractivity contribution in [2.45, 2.75) is 18.9 Å². The lowest BCUT2D eigenvalue weighted by Gasteiger charge is -2.15. The lowest BCUT2D eigenvalue weighted by Crippen LogP contribution is -2.28. The number of amides is 1. The second kappa shape index (κ2) is 8.03. The summed E-state index contributed by atoms with van der Waals surface area (Å²) in [6, 6.07) is 9.31. The van der Waals surface area contributed by atoms with Gasteiger partial charge >= 0.3 is 0 Å². The maximum absolute atomic E-state index is 12.5. The molecule has 3 rings (SSSR count). The van der Waals surface area contributed by atoms with Crippen LogP contribution in [0.15, 0.2) is 34.9 Å². The molecule has 7 heteroatoms. The molecule has 2 heterocycles. The van der Waals surface area contributed by atoms with E-state index in [1.54, 1.807) is 7.11 Å². The number of carbonyl (C=O) groups is 1. The van der Waals surface area contributed by atoms with Crippen molar-refractivity contribution >= 4 is 5.91 Å². The third-order valence-corrected chi connectivity index (χ3v) is 4.00. The first kappa shape index (κ1) is 16.6. The van der Waals surface area contributed by atoms with Gasteiger partial charge in [0.1, 0.15) is 6.61 Å². The summed E-state index contributed by atoms with van der Waals surface area (Å²) in [6.45, 7) is 2.59. The minimum absolute atomic E-state index is 0.0460. The van der Waals surface area contributed by atoms with Crippen LogP contribution in [0.4, 0.5) is 0 Å². The third kappa shape index (κ3) is 3.98. The van der Waals surface area contributed by atoms with Gasteiger partial charge in [0.05, 0.1) is 13.2 Å². The highest BCUT2D eigenvalue weighted by atomic mass is 16.5. The van der Waals surface area contributed by atoms with Crippen molar-refractivity contribution in [2.75, 3.05) is 33.4 Å².